The van der Waals surface area contributed by atoms with Crippen LogP contribution in [-0.4, -0.2) is 9.28 Å². The average molecular weight is 612 g/mol. The Labute approximate surface area is 142 Å². The second kappa shape index (κ2) is 4.24. The van der Waals surface area contributed by atoms with E-state index in [4.69, 9.17) is 0 Å². The van der Waals surface area contributed by atoms with E-state index < -0.39 is 0 Å². The van der Waals surface area contributed by atoms with Gasteiger partial charge in [0.1, 0.15) is 0 Å². The summed E-state index contributed by atoms with van der Waals surface area (Å²) in [6, 6.07) is 0. The summed E-state index contributed by atoms with van der Waals surface area (Å²) in [5, 5.41) is 0. The summed E-state index contributed by atoms with van der Waals surface area (Å²) in [4.78, 5) is 0. The third-order valence-electron chi connectivity index (χ3n) is 3.65. The van der Waals surface area contributed by atoms with Crippen molar-refractivity contribution < 1.29 is 0 Å². The summed E-state index contributed by atoms with van der Waals surface area (Å²) >= 11 is 8.53. The van der Waals surface area contributed by atoms with Gasteiger partial charge < -0.3 is 0 Å². The van der Waals surface area contributed by atoms with Crippen LogP contribution in [0.1, 0.15) is 41.5 Å². The molecule has 0 N–H and O–H groups in total. The number of halogens is 3. The molecule has 0 saturated carbocycles. The van der Waals surface area contributed by atoms with Crippen molar-refractivity contribution in [2.75, 3.05) is 0 Å². The Balaban J connectivity index is 2.44. The fourth-order valence-corrected chi connectivity index (χ4v) is 74.7. The molecule has 0 aromatic carbocycles. The topological polar surface area (TPSA) is 0 Å². The van der Waals surface area contributed by atoms with Crippen LogP contribution in [0.3, 0.4) is 0 Å². The molecule has 3 rings (SSSR count). The molecule has 0 aromatic rings. The molecule has 3 fully saturated rings. The van der Waals surface area contributed by atoms with Gasteiger partial charge in [-0.05, 0) is 27.5 Å². The minimum atomic E-state index is 0.208. The van der Waals surface area contributed by atoms with Crippen LogP contribution in [-0.2, 0) is 0 Å². The molecule has 3 aliphatic heterocycles. The third kappa shape index (κ3) is 1.44. The minimum Gasteiger partial charge on any atom is -0.0585 e. The summed E-state index contributed by atoms with van der Waals surface area (Å²) in [5.74, 6) is 0. The Hall–Kier alpha value is 3.48. The van der Waals surface area contributed by atoms with Gasteiger partial charge in [0.15, 0.2) is 0 Å². The number of hydrogen-bond acceptors (Lipinski definition) is 0. The van der Waals surface area contributed by atoms with Crippen molar-refractivity contribution in [3.8, 4) is 0 Å². The van der Waals surface area contributed by atoms with Gasteiger partial charge in [0.05, 0.1) is 9.28 Å². The first-order valence-corrected chi connectivity index (χ1v) is 17.7. The molecule has 0 nitrogen and oxygen atoms in total. The lowest BCUT2D eigenvalue weighted by Gasteiger charge is -2.87. The molecule has 0 atom stereocenters. The minimum absolute atomic E-state index is 0.208. The van der Waals surface area contributed by atoms with Crippen LogP contribution in [0.5, 0.6) is 0 Å². The second-order valence-corrected chi connectivity index (χ2v) is 23.1. The van der Waals surface area contributed by atoms with E-state index in [0.29, 0.717) is 10.8 Å². The molecular weight excluding hydrogens is 594 g/mol. The average Bonchev–Trinajstić information content (AvgIpc) is 1.99. The first kappa shape index (κ1) is 15.9. The maximum Gasteiger partial charge on any atom is 0.0660 e. The van der Waals surface area contributed by atoms with Gasteiger partial charge in [0.25, 0.3) is 0 Å². The molecule has 3 saturated heterocycles. The fraction of sp³-hybridized carbons (Fsp3) is 1.00. The van der Waals surface area contributed by atoms with Crippen LogP contribution in [0.2, 0.25) is 0 Å². The highest BCUT2D eigenvalue weighted by Crippen LogP contribution is 3.27. The zero-order chi connectivity index (χ0) is 12.7. The van der Waals surface area contributed by atoms with Crippen molar-refractivity contribution in [1.29, 1.82) is 0 Å². The van der Waals surface area contributed by atoms with E-state index in [1.165, 1.54) is 0 Å². The highest BCUT2D eigenvalue weighted by molar-refractivity contribution is 14.2. The van der Waals surface area contributed by atoms with E-state index in [2.05, 4.69) is 108 Å². The lowest BCUT2D eigenvalue weighted by molar-refractivity contribution is 0.353. The van der Waals surface area contributed by atoms with Crippen LogP contribution in [0.15, 0.2) is 0 Å². The van der Waals surface area contributed by atoms with Gasteiger partial charge in [-0.15, -0.1) is 0 Å². The monoisotopic (exact) mass is 612 g/mol. The molecule has 3 heterocycles. The smallest absolute Gasteiger partial charge is 0.0585 e. The summed E-state index contributed by atoms with van der Waals surface area (Å²) < 4.78 is 1.50. The lowest BCUT2D eigenvalue weighted by atomic mass is 9.97. The van der Waals surface area contributed by atoms with E-state index in [0.717, 1.165) is 9.28 Å². The van der Waals surface area contributed by atoms with E-state index in [1.54, 1.807) is 0 Å². The van der Waals surface area contributed by atoms with Crippen LogP contribution < -0.4 is 0 Å². The van der Waals surface area contributed by atoms with Crippen LogP contribution in [0, 0.1) is 10.8 Å². The highest BCUT2D eigenvalue weighted by Gasteiger charge is 2.92. The fourth-order valence-electron chi connectivity index (χ4n) is 2.75. The van der Waals surface area contributed by atoms with Crippen LogP contribution in [0.4, 0.5) is 0 Å². The molecule has 94 valence electrons. The van der Waals surface area contributed by atoms with Gasteiger partial charge in [0, 0.05) is 0 Å². The van der Waals surface area contributed by atoms with Gasteiger partial charge in [-0.25, -0.2) is 0 Å². The zero-order valence-corrected chi connectivity index (χ0v) is 19.6. The summed E-state index contributed by atoms with van der Waals surface area (Å²) in [7, 11) is 0. The second-order valence-electron chi connectivity index (χ2n) is 6.61. The highest BCUT2D eigenvalue weighted by atomic mass is 127. The van der Waals surface area contributed by atoms with Gasteiger partial charge in [-0.1, -0.05) is 108 Å². The van der Waals surface area contributed by atoms with Crippen molar-refractivity contribution in [1.82, 2.24) is 0 Å². The van der Waals surface area contributed by atoms with Crippen molar-refractivity contribution in [2.24, 2.45) is 10.8 Å². The van der Waals surface area contributed by atoms with E-state index >= 15 is 0 Å². The van der Waals surface area contributed by atoms with Crippen LogP contribution >= 0.6 is 82.8 Å². The van der Waals surface area contributed by atoms with Gasteiger partial charge in [-0.3, -0.25) is 0 Å². The standard InChI is InChI=1S/C10H18I3P3/c1-7(2,3)9-14(11)10(15(9)12,16(9)13)8(4,5)6/h1-6H3. The van der Waals surface area contributed by atoms with E-state index in [-0.39, 0.29) is 16.7 Å². The first-order valence-electron chi connectivity index (χ1n) is 5.35. The molecule has 3 aliphatic rings. The molecule has 0 unspecified atom stereocenters. The molecule has 0 amide bonds. The summed E-state index contributed by atoms with van der Waals surface area (Å²) in [6.45, 7) is 14.9. The Morgan fingerprint density at radius 2 is 0.812 bits per heavy atom. The molecule has 0 aromatic heterocycles. The molecular formula is C10H18I3P3. The third-order valence-corrected chi connectivity index (χ3v) is 44.9. The maximum atomic E-state index is 2.84. The Bertz CT molecular complexity index is 272. The molecule has 0 spiro atoms. The van der Waals surface area contributed by atoms with Crippen molar-refractivity contribution in [3.05, 3.63) is 0 Å². The molecule has 16 heavy (non-hydrogen) atoms. The zero-order valence-electron chi connectivity index (χ0n) is 10.5. The maximum absolute atomic E-state index is 2.84. The van der Waals surface area contributed by atoms with Gasteiger partial charge in [-0.2, -0.15) is 0 Å². The molecule has 6 heteroatoms. The summed E-state index contributed by atoms with van der Waals surface area (Å²) in [5.41, 5.74) is 1.66. The molecule has 0 radical (unpaired) electrons. The molecule has 2 bridgehead atoms. The van der Waals surface area contributed by atoms with Gasteiger partial charge >= 0.3 is 0 Å². The summed E-state index contributed by atoms with van der Waals surface area (Å²) in [6.07, 6.45) is 0. The normalized spacial score (nSPS) is 51.9. The van der Waals surface area contributed by atoms with Crippen molar-refractivity contribution in [2.45, 2.75) is 50.8 Å². The lowest BCUT2D eigenvalue weighted by Crippen LogP contribution is -2.67. The predicted octanol–water partition coefficient (Wildman–Crippen LogP) is 7.91. The van der Waals surface area contributed by atoms with Gasteiger partial charge in [0.2, 0.25) is 0 Å². The Morgan fingerprint density at radius 3 is 0.938 bits per heavy atom. The number of hydrogen-bond donors (Lipinski definition) is 0. The van der Waals surface area contributed by atoms with Crippen molar-refractivity contribution >= 4 is 82.8 Å². The van der Waals surface area contributed by atoms with E-state index in [1.807, 2.05) is 0 Å². The quantitative estimate of drug-likeness (QED) is 0.193. The van der Waals surface area contributed by atoms with Crippen molar-refractivity contribution in [3.63, 3.8) is 0 Å². The van der Waals surface area contributed by atoms with Crippen LogP contribution in [0.25, 0.3) is 0 Å². The molecule has 0 aliphatic carbocycles. The predicted molar refractivity (Wildman–Crippen MR) is 107 cm³/mol. The first-order chi connectivity index (χ1) is 6.96. The van der Waals surface area contributed by atoms with E-state index in [9.17, 15) is 0 Å². The number of rotatable bonds is 0. The SMILES string of the molecule is CC(C)(C)C12P(I)C(C(C)(C)C)(P1I)P2I. The Kier molecular flexibility index (Phi) is 4.21. The Morgan fingerprint density at radius 1 is 0.625 bits per heavy atom. The largest absolute Gasteiger partial charge is 0.0660 e.